The summed E-state index contributed by atoms with van der Waals surface area (Å²) in [5, 5.41) is 0. The number of unbranched alkanes of at least 4 members (excludes halogenated alkanes) is 5. The zero-order valence-electron chi connectivity index (χ0n) is 22.1. The molecule has 0 amide bonds. The molecule has 5 rings (SSSR count). The van der Waals surface area contributed by atoms with E-state index < -0.39 is 0 Å². The van der Waals surface area contributed by atoms with Crippen LogP contribution in [0.25, 0.3) is 11.1 Å². The Morgan fingerprint density at radius 3 is 1.83 bits per heavy atom. The molecule has 0 radical (unpaired) electrons. The number of benzene rings is 4. The quantitative estimate of drug-likeness (QED) is 0.207. The first kappa shape index (κ1) is 24.4. The number of anilines is 3. The summed E-state index contributed by atoms with van der Waals surface area (Å²) in [5.41, 5.74) is 12.1. The van der Waals surface area contributed by atoms with Crippen LogP contribution in [0.15, 0.2) is 91.0 Å². The molecule has 0 aliphatic heterocycles. The highest BCUT2D eigenvalue weighted by atomic mass is 15.1. The minimum Gasteiger partial charge on any atom is -0.310 e. The lowest BCUT2D eigenvalue weighted by atomic mass is 9.91. The molecule has 0 saturated heterocycles. The van der Waals surface area contributed by atoms with Crippen molar-refractivity contribution >= 4 is 17.1 Å². The summed E-state index contributed by atoms with van der Waals surface area (Å²) in [5.74, 6) is 0.486. The van der Waals surface area contributed by atoms with Gasteiger partial charge in [0.15, 0.2) is 0 Å². The molecule has 1 unspecified atom stereocenters. The molecule has 0 bridgehead atoms. The van der Waals surface area contributed by atoms with Gasteiger partial charge >= 0.3 is 0 Å². The van der Waals surface area contributed by atoms with Crippen LogP contribution < -0.4 is 4.90 Å². The summed E-state index contributed by atoms with van der Waals surface area (Å²) in [7, 11) is 0. The van der Waals surface area contributed by atoms with Crippen LogP contribution in [-0.4, -0.2) is 0 Å². The molecule has 0 N–H and O–H groups in total. The highest BCUT2D eigenvalue weighted by molar-refractivity contribution is 5.94. The Hall–Kier alpha value is -3.32. The fourth-order valence-electron chi connectivity index (χ4n) is 5.78. The first-order chi connectivity index (χ1) is 17.7. The van der Waals surface area contributed by atoms with E-state index in [1.165, 1.54) is 95.4 Å². The van der Waals surface area contributed by atoms with E-state index in [2.05, 4.69) is 117 Å². The fraction of sp³-hybridized carbons (Fsp3) is 0.314. The molecule has 1 atom stereocenters. The molecular formula is C35H39N. The Morgan fingerprint density at radius 1 is 0.583 bits per heavy atom. The maximum atomic E-state index is 2.45. The Labute approximate surface area is 217 Å². The van der Waals surface area contributed by atoms with Crippen LogP contribution >= 0.6 is 0 Å². The lowest BCUT2D eigenvalue weighted by Crippen LogP contribution is -2.11. The number of nitrogens with zero attached hydrogens (tertiary/aromatic N) is 1. The van der Waals surface area contributed by atoms with Crippen LogP contribution in [0.5, 0.6) is 0 Å². The molecule has 0 saturated carbocycles. The molecule has 0 fully saturated rings. The van der Waals surface area contributed by atoms with Crippen LogP contribution in [0.1, 0.15) is 80.0 Å². The maximum Gasteiger partial charge on any atom is 0.0543 e. The summed E-state index contributed by atoms with van der Waals surface area (Å²) in [6, 6.07) is 34.0. The Bertz CT molecular complexity index is 1240. The number of hydrogen-bond acceptors (Lipinski definition) is 1. The molecule has 0 spiro atoms. The minimum absolute atomic E-state index is 0.486. The molecular weight excluding hydrogens is 434 g/mol. The van der Waals surface area contributed by atoms with Crippen molar-refractivity contribution in [3.05, 3.63) is 113 Å². The summed E-state index contributed by atoms with van der Waals surface area (Å²) in [6.07, 6.45) is 9.29. The number of fused-ring (bicyclic) bond motifs is 3. The number of aryl methyl sites for hydroxylation is 2. The average Bonchev–Trinajstić information content (AvgIpc) is 3.23. The van der Waals surface area contributed by atoms with Crippen LogP contribution in [0.4, 0.5) is 17.1 Å². The van der Waals surface area contributed by atoms with Gasteiger partial charge in [0.1, 0.15) is 0 Å². The molecule has 4 aromatic rings. The maximum absolute atomic E-state index is 2.45. The number of hydrogen-bond donors (Lipinski definition) is 0. The van der Waals surface area contributed by atoms with Crippen molar-refractivity contribution < 1.29 is 0 Å². The van der Waals surface area contributed by atoms with Crippen LogP contribution in [0, 0.1) is 13.8 Å². The second-order valence-corrected chi connectivity index (χ2v) is 10.4. The van der Waals surface area contributed by atoms with Crippen molar-refractivity contribution in [2.75, 3.05) is 4.90 Å². The molecule has 0 aromatic heterocycles. The third kappa shape index (κ3) is 4.98. The third-order valence-electron chi connectivity index (χ3n) is 7.73. The molecule has 36 heavy (non-hydrogen) atoms. The van der Waals surface area contributed by atoms with Gasteiger partial charge in [-0.1, -0.05) is 117 Å². The van der Waals surface area contributed by atoms with Crippen LogP contribution in [0.3, 0.4) is 0 Å². The van der Waals surface area contributed by atoms with E-state index in [0.29, 0.717) is 5.92 Å². The van der Waals surface area contributed by atoms with Gasteiger partial charge in [-0.15, -0.1) is 0 Å². The fourth-order valence-corrected chi connectivity index (χ4v) is 5.78. The van der Waals surface area contributed by atoms with Crippen molar-refractivity contribution in [1.29, 1.82) is 0 Å². The van der Waals surface area contributed by atoms with E-state index in [1.54, 1.807) is 0 Å². The van der Waals surface area contributed by atoms with E-state index in [0.717, 1.165) is 0 Å². The third-order valence-corrected chi connectivity index (χ3v) is 7.73. The van der Waals surface area contributed by atoms with Gasteiger partial charge in [-0.2, -0.15) is 0 Å². The highest BCUT2D eigenvalue weighted by Crippen LogP contribution is 2.53. The van der Waals surface area contributed by atoms with Gasteiger partial charge in [0.2, 0.25) is 0 Å². The molecule has 4 aromatic carbocycles. The average molecular weight is 474 g/mol. The van der Waals surface area contributed by atoms with Crippen molar-refractivity contribution in [2.24, 2.45) is 0 Å². The molecule has 1 aliphatic carbocycles. The van der Waals surface area contributed by atoms with Gasteiger partial charge in [-0.25, -0.2) is 0 Å². The second kappa shape index (κ2) is 11.2. The molecule has 184 valence electrons. The first-order valence-electron chi connectivity index (χ1n) is 13.8. The summed E-state index contributed by atoms with van der Waals surface area (Å²) in [6.45, 7) is 6.60. The first-order valence-corrected chi connectivity index (χ1v) is 13.8. The Morgan fingerprint density at radius 2 is 1.17 bits per heavy atom. The zero-order valence-corrected chi connectivity index (χ0v) is 22.1. The van der Waals surface area contributed by atoms with Gasteiger partial charge in [-0.3, -0.25) is 0 Å². The van der Waals surface area contributed by atoms with Gasteiger partial charge in [-0.05, 0) is 67.3 Å². The lowest BCUT2D eigenvalue weighted by Gasteiger charge is -2.28. The van der Waals surface area contributed by atoms with E-state index in [4.69, 9.17) is 0 Å². The standard InChI is InChI=1S/C35H39N/c1-4-5-6-7-8-9-13-30-31-14-10-11-15-32(31)35-33(30)16-12-17-34(35)36(28-22-18-26(2)19-23-28)29-24-20-27(3)21-25-29/h10-12,14-25,30H,4-9,13H2,1-3H3. The van der Waals surface area contributed by atoms with E-state index in [1.807, 2.05) is 0 Å². The lowest BCUT2D eigenvalue weighted by molar-refractivity contribution is 0.571. The zero-order chi connectivity index (χ0) is 24.9. The van der Waals surface area contributed by atoms with Crippen molar-refractivity contribution in [1.82, 2.24) is 0 Å². The predicted molar refractivity (Wildman–Crippen MR) is 156 cm³/mol. The van der Waals surface area contributed by atoms with E-state index in [-0.39, 0.29) is 0 Å². The van der Waals surface area contributed by atoms with Gasteiger partial charge in [0.25, 0.3) is 0 Å². The SMILES string of the molecule is CCCCCCCCC1c2ccccc2-c2c1cccc2N(c1ccc(C)cc1)c1ccc(C)cc1. The van der Waals surface area contributed by atoms with Gasteiger partial charge in [0, 0.05) is 22.9 Å². The van der Waals surface area contributed by atoms with Crippen LogP contribution in [0.2, 0.25) is 0 Å². The molecule has 0 heterocycles. The summed E-state index contributed by atoms with van der Waals surface area (Å²) >= 11 is 0. The Kier molecular flexibility index (Phi) is 7.56. The van der Waals surface area contributed by atoms with E-state index in [9.17, 15) is 0 Å². The highest BCUT2D eigenvalue weighted by Gasteiger charge is 2.31. The molecule has 1 heteroatoms. The number of rotatable bonds is 10. The van der Waals surface area contributed by atoms with Crippen molar-refractivity contribution in [2.45, 2.75) is 71.6 Å². The second-order valence-electron chi connectivity index (χ2n) is 10.4. The normalized spacial score (nSPS) is 13.9. The van der Waals surface area contributed by atoms with E-state index >= 15 is 0 Å². The summed E-state index contributed by atoms with van der Waals surface area (Å²) < 4.78 is 0. The minimum atomic E-state index is 0.486. The van der Waals surface area contributed by atoms with Crippen LogP contribution in [-0.2, 0) is 0 Å². The molecule has 1 nitrogen and oxygen atoms in total. The topological polar surface area (TPSA) is 3.24 Å². The van der Waals surface area contributed by atoms with Crippen molar-refractivity contribution in [3.63, 3.8) is 0 Å². The largest absolute Gasteiger partial charge is 0.310 e. The predicted octanol–water partition coefficient (Wildman–Crippen LogP) is 10.6. The smallest absolute Gasteiger partial charge is 0.0543 e. The molecule has 1 aliphatic rings. The summed E-state index contributed by atoms with van der Waals surface area (Å²) in [4.78, 5) is 2.45. The Balaban J connectivity index is 1.56. The monoisotopic (exact) mass is 473 g/mol. The van der Waals surface area contributed by atoms with Crippen molar-refractivity contribution in [3.8, 4) is 11.1 Å². The van der Waals surface area contributed by atoms with Gasteiger partial charge < -0.3 is 4.90 Å². The van der Waals surface area contributed by atoms with Gasteiger partial charge in [0.05, 0.1) is 5.69 Å².